The lowest BCUT2D eigenvalue weighted by atomic mass is 10.1. The summed E-state index contributed by atoms with van der Waals surface area (Å²) < 4.78 is 7.31. The van der Waals surface area contributed by atoms with Gasteiger partial charge in [0.15, 0.2) is 16.7 Å². The molecule has 2 N–H and O–H groups in total. The Labute approximate surface area is 185 Å². The number of hydrogen-bond donors (Lipinski definition) is 2. The molecule has 3 heterocycles. The Hall–Kier alpha value is -3.63. The van der Waals surface area contributed by atoms with E-state index in [0.29, 0.717) is 5.58 Å². The number of anilines is 1. The van der Waals surface area contributed by atoms with Gasteiger partial charge in [-0.25, -0.2) is 0 Å². The summed E-state index contributed by atoms with van der Waals surface area (Å²) in [7, 11) is 0. The van der Waals surface area contributed by atoms with E-state index in [9.17, 15) is 4.79 Å². The highest BCUT2D eigenvalue weighted by atomic mass is 32.1. The molecule has 0 saturated heterocycles. The molecule has 0 atom stereocenters. The van der Waals surface area contributed by atoms with E-state index in [2.05, 4.69) is 25.9 Å². The summed E-state index contributed by atoms with van der Waals surface area (Å²) >= 11 is 6.80. The maximum atomic E-state index is 12.5. The Morgan fingerprint density at radius 1 is 1.13 bits per heavy atom. The normalized spacial score (nSPS) is 11.2. The van der Waals surface area contributed by atoms with E-state index in [1.165, 1.54) is 11.3 Å². The minimum atomic E-state index is -0.411. The molecule has 154 valence electrons. The molecule has 31 heavy (non-hydrogen) atoms. The topological polar surface area (TPSA) is 97.4 Å². The number of rotatable bonds is 3. The van der Waals surface area contributed by atoms with Crippen LogP contribution in [0.1, 0.15) is 21.9 Å². The Bertz CT molecular complexity index is 1430. The Morgan fingerprint density at radius 3 is 2.77 bits per heavy atom. The van der Waals surface area contributed by atoms with Gasteiger partial charge in [0.2, 0.25) is 4.96 Å². The largest absolute Gasteiger partial charge is 0.451 e. The molecule has 5 aromatic rings. The molecule has 0 bridgehead atoms. The van der Waals surface area contributed by atoms with Gasteiger partial charge in [0.25, 0.3) is 5.91 Å². The van der Waals surface area contributed by atoms with Gasteiger partial charge in [-0.2, -0.15) is 9.61 Å². The summed E-state index contributed by atoms with van der Waals surface area (Å²) in [5.74, 6) is 0.523. The van der Waals surface area contributed by atoms with E-state index < -0.39 is 5.91 Å². The molecule has 0 radical (unpaired) electrons. The summed E-state index contributed by atoms with van der Waals surface area (Å²) in [4.78, 5) is 13.3. The summed E-state index contributed by atoms with van der Waals surface area (Å²) in [5.41, 5.74) is 3.31. The number of benzene rings is 2. The quantitative estimate of drug-likeness (QED) is 0.396. The molecule has 0 aliphatic rings. The molecule has 0 spiro atoms. The molecule has 0 aliphatic carbocycles. The molecule has 0 fully saturated rings. The second-order valence-corrected chi connectivity index (χ2v) is 8.30. The minimum absolute atomic E-state index is 0.180. The first kappa shape index (κ1) is 19.3. The van der Waals surface area contributed by atoms with E-state index in [1.807, 2.05) is 56.3 Å². The van der Waals surface area contributed by atoms with Crippen molar-refractivity contribution < 1.29 is 9.21 Å². The second kappa shape index (κ2) is 7.56. The van der Waals surface area contributed by atoms with Gasteiger partial charge in [-0.15, -0.1) is 10.2 Å². The number of nitrogens with zero attached hydrogens (tertiary/aromatic N) is 4. The molecule has 0 saturated carbocycles. The molecule has 10 heteroatoms. The highest BCUT2D eigenvalue weighted by Crippen LogP contribution is 2.29. The predicted octanol–water partition coefficient (Wildman–Crippen LogP) is 4.34. The molecule has 2 aromatic carbocycles. The third-order valence-electron chi connectivity index (χ3n) is 4.76. The lowest BCUT2D eigenvalue weighted by molar-refractivity contribution is 0.0953. The Balaban J connectivity index is 1.34. The van der Waals surface area contributed by atoms with Crippen LogP contribution in [0.3, 0.4) is 0 Å². The average molecular weight is 449 g/mol. The molecule has 0 unspecified atom stereocenters. The van der Waals surface area contributed by atoms with Crippen LogP contribution in [-0.2, 0) is 0 Å². The van der Waals surface area contributed by atoms with E-state index in [1.54, 1.807) is 10.6 Å². The molecular formula is C21H16N6O2S2. The zero-order valence-electron chi connectivity index (χ0n) is 16.5. The van der Waals surface area contributed by atoms with Crippen LogP contribution in [0, 0.1) is 13.8 Å². The number of hydrogen-bond acceptors (Lipinski definition) is 7. The molecule has 8 nitrogen and oxygen atoms in total. The molecule has 0 aliphatic heterocycles. The van der Waals surface area contributed by atoms with Crippen LogP contribution in [0.15, 0.2) is 52.9 Å². The molecular weight excluding hydrogens is 432 g/mol. The van der Waals surface area contributed by atoms with Crippen molar-refractivity contribution in [3.8, 4) is 10.6 Å². The van der Waals surface area contributed by atoms with Crippen molar-refractivity contribution in [2.45, 2.75) is 13.8 Å². The van der Waals surface area contributed by atoms with Crippen LogP contribution in [0.4, 0.5) is 5.69 Å². The van der Waals surface area contributed by atoms with E-state index >= 15 is 0 Å². The smallest absolute Gasteiger partial charge is 0.293 e. The number of carbonyl (C=O) groups is 1. The van der Waals surface area contributed by atoms with E-state index in [0.717, 1.165) is 38.0 Å². The van der Waals surface area contributed by atoms with E-state index in [4.69, 9.17) is 16.6 Å². The Kier molecular flexibility index (Phi) is 4.72. The van der Waals surface area contributed by atoms with Crippen LogP contribution in [0.25, 0.3) is 26.5 Å². The van der Waals surface area contributed by atoms with Crippen molar-refractivity contribution in [1.29, 1.82) is 0 Å². The van der Waals surface area contributed by atoms with Gasteiger partial charge >= 0.3 is 0 Å². The second-order valence-electron chi connectivity index (χ2n) is 6.94. The number of thiocarbonyl (C=S) groups is 1. The van der Waals surface area contributed by atoms with Crippen LogP contribution in [0.2, 0.25) is 0 Å². The van der Waals surface area contributed by atoms with Gasteiger partial charge in [0.1, 0.15) is 10.6 Å². The fraction of sp³-hybridized carbons (Fsp3) is 0.0952. The van der Waals surface area contributed by atoms with Crippen molar-refractivity contribution in [2.75, 3.05) is 5.32 Å². The number of aromatic nitrogens is 4. The average Bonchev–Trinajstić information content (AvgIpc) is 3.45. The van der Waals surface area contributed by atoms with Crippen molar-refractivity contribution >= 4 is 56.2 Å². The van der Waals surface area contributed by atoms with Crippen LogP contribution >= 0.6 is 23.6 Å². The number of furan rings is 1. The number of carbonyl (C=O) groups excluding carboxylic acids is 1. The number of para-hydroxylation sites is 1. The highest BCUT2D eigenvalue weighted by molar-refractivity contribution is 7.80. The van der Waals surface area contributed by atoms with Gasteiger partial charge in [0.05, 0.1) is 0 Å². The minimum Gasteiger partial charge on any atom is -0.451 e. The molecule has 3 aromatic heterocycles. The van der Waals surface area contributed by atoms with Crippen LogP contribution in [0.5, 0.6) is 0 Å². The zero-order valence-corrected chi connectivity index (χ0v) is 18.2. The molecule has 5 rings (SSSR count). The standard InChI is InChI=1S/C21H16N6O2S2/c1-11-7-8-14(19-26-27-12(2)24-25-21(27)31-19)9-15(11)22-20(30)23-18(28)17-10-13-5-3-4-6-16(13)29-17/h3-10H,1-2H3,(H2,22,23,28,30). The number of fused-ring (bicyclic) bond motifs is 2. The van der Waals surface area contributed by atoms with Crippen LogP contribution in [-0.4, -0.2) is 30.8 Å². The fourth-order valence-corrected chi connectivity index (χ4v) is 4.22. The lowest BCUT2D eigenvalue weighted by Crippen LogP contribution is -2.34. The molecule has 1 amide bonds. The van der Waals surface area contributed by atoms with Gasteiger partial charge in [0, 0.05) is 16.6 Å². The Morgan fingerprint density at radius 2 is 1.97 bits per heavy atom. The first-order valence-corrected chi connectivity index (χ1v) is 10.6. The maximum Gasteiger partial charge on any atom is 0.293 e. The summed E-state index contributed by atoms with van der Waals surface area (Å²) in [5, 5.41) is 20.3. The highest BCUT2D eigenvalue weighted by Gasteiger charge is 2.15. The lowest BCUT2D eigenvalue weighted by Gasteiger charge is -2.12. The van der Waals surface area contributed by atoms with Gasteiger partial charge in [-0.1, -0.05) is 41.7 Å². The van der Waals surface area contributed by atoms with E-state index in [-0.39, 0.29) is 10.9 Å². The third kappa shape index (κ3) is 3.66. The van der Waals surface area contributed by atoms with Crippen molar-refractivity contribution in [1.82, 2.24) is 25.1 Å². The zero-order chi connectivity index (χ0) is 21.5. The SMILES string of the molecule is Cc1ccc(-c2nn3c(C)nnc3s2)cc1NC(=S)NC(=O)c1cc2ccccc2o1. The van der Waals surface area contributed by atoms with Gasteiger partial charge in [-0.05, 0) is 49.8 Å². The third-order valence-corrected chi connectivity index (χ3v) is 5.91. The van der Waals surface area contributed by atoms with Gasteiger partial charge in [-0.3, -0.25) is 10.1 Å². The fourth-order valence-electron chi connectivity index (χ4n) is 3.13. The predicted molar refractivity (Wildman–Crippen MR) is 123 cm³/mol. The monoisotopic (exact) mass is 448 g/mol. The van der Waals surface area contributed by atoms with Gasteiger partial charge < -0.3 is 9.73 Å². The summed E-state index contributed by atoms with van der Waals surface area (Å²) in [6.45, 7) is 3.81. The first-order chi connectivity index (χ1) is 15.0. The first-order valence-electron chi connectivity index (χ1n) is 9.39. The number of amides is 1. The maximum absolute atomic E-state index is 12.5. The van der Waals surface area contributed by atoms with Crippen LogP contribution < -0.4 is 10.6 Å². The van der Waals surface area contributed by atoms with Crippen molar-refractivity contribution in [3.05, 3.63) is 65.7 Å². The summed E-state index contributed by atoms with van der Waals surface area (Å²) in [6.07, 6.45) is 0. The number of nitrogens with one attached hydrogen (secondary N) is 2. The van der Waals surface area contributed by atoms with Crippen molar-refractivity contribution in [2.24, 2.45) is 0 Å². The van der Waals surface area contributed by atoms with Crippen molar-refractivity contribution in [3.63, 3.8) is 0 Å². The summed E-state index contributed by atoms with van der Waals surface area (Å²) in [6, 6.07) is 15.0. The number of aryl methyl sites for hydroxylation is 2.